The number of halogens is 1. The molecule has 1 heterocycles. The highest BCUT2D eigenvalue weighted by atomic mass is 79.9. The molecule has 1 aliphatic carbocycles. The summed E-state index contributed by atoms with van der Waals surface area (Å²) in [5, 5.41) is 3.54. The van der Waals surface area contributed by atoms with E-state index in [-0.39, 0.29) is 0 Å². The van der Waals surface area contributed by atoms with Crippen LogP contribution in [0.3, 0.4) is 0 Å². The number of aromatic nitrogens is 1. The Balaban J connectivity index is 1.73. The van der Waals surface area contributed by atoms with Crippen molar-refractivity contribution < 1.29 is 0 Å². The van der Waals surface area contributed by atoms with Crippen molar-refractivity contribution >= 4 is 15.9 Å². The van der Waals surface area contributed by atoms with E-state index in [0.29, 0.717) is 0 Å². The Morgan fingerprint density at radius 1 is 1.35 bits per heavy atom. The van der Waals surface area contributed by atoms with Gasteiger partial charge >= 0.3 is 0 Å². The molecule has 2 unspecified atom stereocenters. The Morgan fingerprint density at radius 2 is 2.18 bits per heavy atom. The maximum Gasteiger partial charge on any atom is 0.0542 e. The summed E-state index contributed by atoms with van der Waals surface area (Å²) in [6.45, 7) is 4.42. The van der Waals surface area contributed by atoms with Crippen molar-refractivity contribution in [2.24, 2.45) is 11.8 Å². The molecule has 2 nitrogen and oxygen atoms in total. The fourth-order valence-electron chi connectivity index (χ4n) is 2.59. The second-order valence-electron chi connectivity index (χ2n) is 5.12. The molecule has 94 valence electrons. The highest BCUT2D eigenvalue weighted by Crippen LogP contribution is 2.28. The zero-order chi connectivity index (χ0) is 12.1. The smallest absolute Gasteiger partial charge is 0.0542 e. The Kier molecular flexibility index (Phi) is 4.99. The molecule has 17 heavy (non-hydrogen) atoms. The largest absolute Gasteiger partial charge is 0.311 e. The van der Waals surface area contributed by atoms with Crippen molar-refractivity contribution in [3.05, 3.63) is 28.5 Å². The van der Waals surface area contributed by atoms with Gasteiger partial charge in [-0.05, 0) is 52.9 Å². The molecule has 1 fully saturated rings. The quantitative estimate of drug-likeness (QED) is 0.915. The first kappa shape index (κ1) is 13.0. The lowest BCUT2D eigenvalue weighted by Gasteiger charge is -2.28. The number of hydrogen-bond acceptors (Lipinski definition) is 2. The summed E-state index contributed by atoms with van der Waals surface area (Å²) in [6.07, 6.45) is 7.49. The lowest BCUT2D eigenvalue weighted by atomic mass is 9.80. The van der Waals surface area contributed by atoms with Gasteiger partial charge in [0.15, 0.2) is 0 Å². The van der Waals surface area contributed by atoms with Crippen molar-refractivity contribution in [2.45, 2.75) is 39.2 Å². The van der Waals surface area contributed by atoms with Gasteiger partial charge in [-0.1, -0.05) is 26.2 Å². The number of pyridine rings is 1. The molecule has 0 radical (unpaired) electrons. The van der Waals surface area contributed by atoms with Crippen LogP contribution in [0.4, 0.5) is 0 Å². The predicted molar refractivity (Wildman–Crippen MR) is 74.8 cm³/mol. The number of hydrogen-bond donors (Lipinski definition) is 1. The maximum absolute atomic E-state index is 4.37. The van der Waals surface area contributed by atoms with Crippen molar-refractivity contribution in [1.29, 1.82) is 0 Å². The van der Waals surface area contributed by atoms with Crippen LogP contribution in [0.1, 0.15) is 38.3 Å². The second kappa shape index (κ2) is 6.50. The van der Waals surface area contributed by atoms with Crippen molar-refractivity contribution in [1.82, 2.24) is 10.3 Å². The summed E-state index contributed by atoms with van der Waals surface area (Å²) < 4.78 is 1.04. The van der Waals surface area contributed by atoms with Gasteiger partial charge in [-0.3, -0.25) is 4.98 Å². The molecule has 1 N–H and O–H groups in total. The van der Waals surface area contributed by atoms with Gasteiger partial charge in [0.25, 0.3) is 0 Å². The van der Waals surface area contributed by atoms with Gasteiger partial charge in [0.05, 0.1) is 5.69 Å². The highest BCUT2D eigenvalue weighted by Gasteiger charge is 2.20. The molecule has 1 aromatic rings. The number of nitrogens with one attached hydrogen (secondary N) is 1. The van der Waals surface area contributed by atoms with Crippen molar-refractivity contribution in [3.63, 3.8) is 0 Å². The highest BCUT2D eigenvalue weighted by molar-refractivity contribution is 9.10. The van der Waals surface area contributed by atoms with Crippen LogP contribution >= 0.6 is 15.9 Å². The van der Waals surface area contributed by atoms with Crippen LogP contribution in [-0.2, 0) is 6.54 Å². The van der Waals surface area contributed by atoms with Crippen LogP contribution in [0, 0.1) is 11.8 Å². The summed E-state index contributed by atoms with van der Waals surface area (Å²) in [6, 6.07) is 4.12. The van der Waals surface area contributed by atoms with E-state index in [2.05, 4.69) is 39.2 Å². The van der Waals surface area contributed by atoms with E-state index in [9.17, 15) is 0 Å². The van der Waals surface area contributed by atoms with Gasteiger partial charge in [-0.15, -0.1) is 0 Å². The second-order valence-corrected chi connectivity index (χ2v) is 6.04. The molecule has 0 bridgehead atoms. The molecule has 0 amide bonds. The maximum atomic E-state index is 4.37. The van der Waals surface area contributed by atoms with E-state index < -0.39 is 0 Å². The summed E-state index contributed by atoms with van der Waals surface area (Å²) >= 11 is 3.40. The molecular weight excluding hydrogens is 276 g/mol. The van der Waals surface area contributed by atoms with Gasteiger partial charge < -0.3 is 5.32 Å². The van der Waals surface area contributed by atoms with Crippen LogP contribution in [-0.4, -0.2) is 11.5 Å². The van der Waals surface area contributed by atoms with E-state index in [1.807, 2.05) is 12.3 Å². The van der Waals surface area contributed by atoms with E-state index in [4.69, 9.17) is 0 Å². The lowest BCUT2D eigenvalue weighted by molar-refractivity contribution is 0.247. The molecule has 1 aromatic heterocycles. The average Bonchev–Trinajstić information content (AvgIpc) is 2.34. The molecule has 0 spiro atoms. The summed E-state index contributed by atoms with van der Waals surface area (Å²) in [5.74, 6) is 1.74. The normalized spacial score (nSPS) is 24.8. The fourth-order valence-corrected chi connectivity index (χ4v) is 2.83. The molecule has 1 aliphatic rings. The van der Waals surface area contributed by atoms with Crippen LogP contribution in [0.25, 0.3) is 0 Å². The Bertz CT molecular complexity index is 337. The Morgan fingerprint density at radius 3 is 2.88 bits per heavy atom. The molecule has 0 aromatic carbocycles. The third-order valence-electron chi connectivity index (χ3n) is 3.79. The predicted octanol–water partition coefficient (Wildman–Crippen LogP) is 3.76. The third kappa shape index (κ3) is 4.07. The van der Waals surface area contributed by atoms with Crippen LogP contribution in [0.15, 0.2) is 22.8 Å². The molecule has 3 heteroatoms. The zero-order valence-electron chi connectivity index (χ0n) is 10.5. The van der Waals surface area contributed by atoms with Gasteiger partial charge in [0, 0.05) is 17.2 Å². The van der Waals surface area contributed by atoms with Gasteiger partial charge in [0.1, 0.15) is 0 Å². The molecular formula is C14H21BrN2. The van der Waals surface area contributed by atoms with E-state index in [0.717, 1.165) is 35.1 Å². The van der Waals surface area contributed by atoms with Crippen molar-refractivity contribution in [2.75, 3.05) is 6.54 Å². The monoisotopic (exact) mass is 296 g/mol. The van der Waals surface area contributed by atoms with Gasteiger partial charge in [-0.25, -0.2) is 0 Å². The first-order chi connectivity index (χ1) is 8.25. The zero-order valence-corrected chi connectivity index (χ0v) is 12.0. The molecule has 1 saturated carbocycles. The first-order valence-electron chi connectivity index (χ1n) is 6.57. The topological polar surface area (TPSA) is 24.9 Å². The molecule has 2 atom stereocenters. The Hall–Kier alpha value is -0.410. The minimum atomic E-state index is 0.860. The molecule has 2 rings (SSSR count). The fraction of sp³-hybridized carbons (Fsp3) is 0.643. The lowest BCUT2D eigenvalue weighted by Crippen LogP contribution is -2.29. The molecule has 0 aliphatic heterocycles. The van der Waals surface area contributed by atoms with Crippen LogP contribution < -0.4 is 5.32 Å². The SMILES string of the molecule is CC1CCCCC1CNCc1ccc(Br)cn1. The van der Waals surface area contributed by atoms with Crippen LogP contribution in [0.2, 0.25) is 0 Å². The number of nitrogens with zero attached hydrogens (tertiary/aromatic N) is 1. The van der Waals surface area contributed by atoms with E-state index in [1.54, 1.807) is 0 Å². The summed E-state index contributed by atoms with van der Waals surface area (Å²) in [4.78, 5) is 4.37. The first-order valence-corrected chi connectivity index (χ1v) is 7.36. The summed E-state index contributed by atoms with van der Waals surface area (Å²) in [7, 11) is 0. The number of rotatable bonds is 4. The third-order valence-corrected chi connectivity index (χ3v) is 4.26. The van der Waals surface area contributed by atoms with Crippen molar-refractivity contribution in [3.8, 4) is 0 Å². The van der Waals surface area contributed by atoms with Gasteiger partial charge in [0.2, 0.25) is 0 Å². The Labute approximate surface area is 112 Å². The van der Waals surface area contributed by atoms with Crippen LogP contribution in [0.5, 0.6) is 0 Å². The summed E-state index contributed by atoms with van der Waals surface area (Å²) in [5.41, 5.74) is 1.12. The average molecular weight is 297 g/mol. The molecule has 0 saturated heterocycles. The van der Waals surface area contributed by atoms with E-state index >= 15 is 0 Å². The minimum absolute atomic E-state index is 0.860. The minimum Gasteiger partial charge on any atom is -0.311 e. The van der Waals surface area contributed by atoms with Gasteiger partial charge in [-0.2, -0.15) is 0 Å². The standard InChI is InChI=1S/C14H21BrN2/c1-11-4-2-3-5-12(11)8-16-10-14-7-6-13(15)9-17-14/h6-7,9,11-12,16H,2-5,8,10H2,1H3. The van der Waals surface area contributed by atoms with E-state index in [1.165, 1.54) is 25.7 Å².